The molecule has 5 nitrogen and oxygen atoms in total. The highest BCUT2D eigenvalue weighted by Crippen LogP contribution is 2.06. The fourth-order valence-electron chi connectivity index (χ4n) is 1.73. The first kappa shape index (κ1) is 16.2. The predicted octanol–water partition coefficient (Wildman–Crippen LogP) is 0.596. The van der Waals surface area contributed by atoms with Crippen LogP contribution in [-0.2, 0) is 0 Å². The first-order chi connectivity index (χ1) is 7.86. The van der Waals surface area contributed by atoms with E-state index in [1.54, 1.807) is 7.05 Å². The van der Waals surface area contributed by atoms with Gasteiger partial charge in [0.2, 0.25) is 0 Å². The van der Waals surface area contributed by atoms with E-state index in [9.17, 15) is 4.79 Å². The Bertz CT molecular complexity index is 210. The molecular weight excluding hydrogens is 218 g/mol. The molecule has 0 spiro atoms. The standard InChI is InChI=1S/C12H27N3O2/c1-10(2)8-11(9-14(3)4)13-12(17)15(5)6-7-16/h10-11,16H,6-9H2,1-5H3,(H,13,17). The van der Waals surface area contributed by atoms with Crippen LogP contribution in [0.3, 0.4) is 0 Å². The molecule has 102 valence electrons. The molecule has 0 saturated carbocycles. The topological polar surface area (TPSA) is 55.8 Å². The van der Waals surface area contributed by atoms with E-state index in [1.807, 2.05) is 14.1 Å². The Morgan fingerprint density at radius 1 is 1.29 bits per heavy atom. The second kappa shape index (κ2) is 8.31. The van der Waals surface area contributed by atoms with Gasteiger partial charge in [0.05, 0.1) is 6.61 Å². The Hall–Kier alpha value is -0.810. The van der Waals surface area contributed by atoms with Gasteiger partial charge in [0.1, 0.15) is 0 Å². The van der Waals surface area contributed by atoms with Crippen molar-refractivity contribution in [1.29, 1.82) is 0 Å². The Labute approximate surface area is 105 Å². The summed E-state index contributed by atoms with van der Waals surface area (Å²) in [5, 5.41) is 11.8. The summed E-state index contributed by atoms with van der Waals surface area (Å²) in [4.78, 5) is 15.4. The van der Waals surface area contributed by atoms with Gasteiger partial charge in [-0.05, 0) is 26.4 Å². The normalized spacial score (nSPS) is 12.9. The Balaban J connectivity index is 4.26. The first-order valence-electron chi connectivity index (χ1n) is 6.14. The molecule has 0 aromatic carbocycles. The number of aliphatic hydroxyl groups is 1. The minimum atomic E-state index is -0.119. The van der Waals surface area contributed by atoms with Crippen LogP contribution in [0.4, 0.5) is 4.79 Å². The predicted molar refractivity (Wildman–Crippen MR) is 70.0 cm³/mol. The van der Waals surface area contributed by atoms with Crippen LogP contribution >= 0.6 is 0 Å². The highest BCUT2D eigenvalue weighted by Gasteiger charge is 2.16. The number of hydrogen-bond acceptors (Lipinski definition) is 3. The number of nitrogens with one attached hydrogen (secondary N) is 1. The summed E-state index contributed by atoms with van der Waals surface area (Å²) in [5.74, 6) is 0.545. The van der Waals surface area contributed by atoms with E-state index >= 15 is 0 Å². The van der Waals surface area contributed by atoms with Gasteiger partial charge in [0.25, 0.3) is 0 Å². The molecule has 2 N–H and O–H groups in total. The van der Waals surface area contributed by atoms with Gasteiger partial charge in [-0.2, -0.15) is 0 Å². The molecule has 17 heavy (non-hydrogen) atoms. The van der Waals surface area contributed by atoms with E-state index < -0.39 is 0 Å². The third-order valence-electron chi connectivity index (χ3n) is 2.45. The average Bonchev–Trinajstić information content (AvgIpc) is 2.15. The second-order valence-corrected chi connectivity index (χ2v) is 5.18. The maximum absolute atomic E-state index is 11.8. The summed E-state index contributed by atoms with van der Waals surface area (Å²) < 4.78 is 0. The Morgan fingerprint density at radius 3 is 2.29 bits per heavy atom. The van der Waals surface area contributed by atoms with E-state index in [1.165, 1.54) is 4.90 Å². The number of likely N-dealkylation sites (N-methyl/N-ethyl adjacent to an activating group) is 2. The van der Waals surface area contributed by atoms with Gasteiger partial charge >= 0.3 is 6.03 Å². The minimum absolute atomic E-state index is 0.00749. The molecule has 0 aromatic heterocycles. The van der Waals surface area contributed by atoms with Crippen LogP contribution in [0.15, 0.2) is 0 Å². The molecule has 0 saturated heterocycles. The van der Waals surface area contributed by atoms with Gasteiger partial charge in [-0.3, -0.25) is 0 Å². The SMILES string of the molecule is CC(C)CC(CN(C)C)NC(=O)N(C)CCO. The van der Waals surface area contributed by atoms with E-state index in [4.69, 9.17) is 5.11 Å². The van der Waals surface area contributed by atoms with Crippen molar-refractivity contribution in [3.8, 4) is 0 Å². The van der Waals surface area contributed by atoms with Crippen LogP contribution < -0.4 is 5.32 Å². The van der Waals surface area contributed by atoms with Crippen LogP contribution in [0.25, 0.3) is 0 Å². The summed E-state index contributed by atoms with van der Waals surface area (Å²) in [7, 11) is 5.68. The van der Waals surface area contributed by atoms with Crippen LogP contribution in [0.5, 0.6) is 0 Å². The van der Waals surface area contributed by atoms with Crippen molar-refractivity contribution in [2.24, 2.45) is 5.92 Å². The molecule has 2 amide bonds. The molecule has 0 fully saturated rings. The summed E-state index contributed by atoms with van der Waals surface area (Å²) in [6, 6.07) is 0.0326. The van der Waals surface area contributed by atoms with E-state index in [-0.39, 0.29) is 18.7 Å². The fraction of sp³-hybridized carbons (Fsp3) is 0.917. The van der Waals surface area contributed by atoms with Crippen LogP contribution in [-0.4, -0.2) is 67.8 Å². The van der Waals surface area contributed by atoms with Gasteiger partial charge in [-0.25, -0.2) is 4.79 Å². The molecule has 5 heteroatoms. The van der Waals surface area contributed by atoms with Gasteiger partial charge < -0.3 is 20.2 Å². The number of amides is 2. The van der Waals surface area contributed by atoms with Gasteiger partial charge in [0.15, 0.2) is 0 Å². The van der Waals surface area contributed by atoms with Crippen LogP contribution in [0, 0.1) is 5.92 Å². The van der Waals surface area contributed by atoms with E-state index in [2.05, 4.69) is 24.1 Å². The van der Waals surface area contributed by atoms with Gasteiger partial charge in [-0.15, -0.1) is 0 Å². The lowest BCUT2D eigenvalue weighted by Crippen LogP contribution is -2.48. The van der Waals surface area contributed by atoms with Crippen molar-refractivity contribution in [2.45, 2.75) is 26.3 Å². The zero-order chi connectivity index (χ0) is 13.4. The van der Waals surface area contributed by atoms with Crippen molar-refractivity contribution in [3.05, 3.63) is 0 Å². The van der Waals surface area contributed by atoms with E-state index in [0.29, 0.717) is 12.5 Å². The lowest BCUT2D eigenvalue weighted by atomic mass is 10.0. The molecule has 0 bridgehead atoms. The average molecular weight is 245 g/mol. The quantitative estimate of drug-likeness (QED) is 0.690. The maximum atomic E-state index is 11.8. The zero-order valence-electron chi connectivity index (χ0n) is 11.7. The molecule has 1 atom stereocenters. The highest BCUT2D eigenvalue weighted by molar-refractivity contribution is 5.74. The van der Waals surface area contributed by atoms with Gasteiger partial charge in [-0.1, -0.05) is 13.8 Å². The smallest absolute Gasteiger partial charge is 0.317 e. The largest absolute Gasteiger partial charge is 0.395 e. The number of aliphatic hydroxyl groups excluding tert-OH is 1. The van der Waals surface area contributed by atoms with Crippen molar-refractivity contribution >= 4 is 6.03 Å². The number of rotatable bonds is 7. The van der Waals surface area contributed by atoms with Crippen molar-refractivity contribution in [1.82, 2.24) is 15.1 Å². The van der Waals surface area contributed by atoms with Crippen molar-refractivity contribution in [3.63, 3.8) is 0 Å². The molecule has 0 aliphatic carbocycles. The number of hydrogen-bond donors (Lipinski definition) is 2. The molecule has 0 aliphatic rings. The molecule has 0 radical (unpaired) electrons. The lowest BCUT2D eigenvalue weighted by molar-refractivity contribution is 0.182. The summed E-state index contributed by atoms with van der Waals surface area (Å²) in [6.07, 6.45) is 0.955. The van der Waals surface area contributed by atoms with Crippen molar-refractivity contribution < 1.29 is 9.90 Å². The third kappa shape index (κ3) is 7.99. The Kier molecular flexibility index (Phi) is 7.91. The first-order valence-corrected chi connectivity index (χ1v) is 6.14. The molecular formula is C12H27N3O2. The third-order valence-corrected chi connectivity index (χ3v) is 2.45. The zero-order valence-corrected chi connectivity index (χ0v) is 11.7. The minimum Gasteiger partial charge on any atom is -0.395 e. The van der Waals surface area contributed by atoms with Crippen LogP contribution in [0.1, 0.15) is 20.3 Å². The lowest BCUT2D eigenvalue weighted by Gasteiger charge is -2.26. The maximum Gasteiger partial charge on any atom is 0.317 e. The van der Waals surface area contributed by atoms with E-state index in [0.717, 1.165) is 13.0 Å². The Morgan fingerprint density at radius 2 is 1.88 bits per heavy atom. The number of urea groups is 1. The summed E-state index contributed by atoms with van der Waals surface area (Å²) in [6.45, 7) is 5.48. The highest BCUT2D eigenvalue weighted by atomic mass is 16.3. The molecule has 0 rings (SSSR count). The number of nitrogens with zero attached hydrogens (tertiary/aromatic N) is 2. The fourth-order valence-corrected chi connectivity index (χ4v) is 1.73. The van der Waals surface area contributed by atoms with Gasteiger partial charge in [0, 0.05) is 26.2 Å². The van der Waals surface area contributed by atoms with Crippen molar-refractivity contribution in [2.75, 3.05) is 40.8 Å². The molecule has 0 heterocycles. The molecule has 0 aromatic rings. The molecule has 1 unspecified atom stereocenters. The number of carbonyl (C=O) groups is 1. The summed E-state index contributed by atoms with van der Waals surface area (Å²) in [5.41, 5.74) is 0. The van der Waals surface area contributed by atoms with Crippen LogP contribution in [0.2, 0.25) is 0 Å². The number of carbonyl (C=O) groups excluding carboxylic acids is 1. The second-order valence-electron chi connectivity index (χ2n) is 5.18. The molecule has 0 aliphatic heterocycles. The monoisotopic (exact) mass is 245 g/mol. The summed E-state index contributed by atoms with van der Waals surface area (Å²) >= 11 is 0.